The lowest BCUT2D eigenvalue weighted by Crippen LogP contribution is -2.30. The maximum Gasteiger partial charge on any atom is 0.257 e. The molecule has 1 amide bonds. The number of amides is 1. The van der Waals surface area contributed by atoms with Gasteiger partial charge in [0, 0.05) is 32.0 Å². The molecular formula is C19H26N4O. The van der Waals surface area contributed by atoms with Crippen LogP contribution in [-0.4, -0.2) is 33.9 Å². The number of benzene rings is 1. The summed E-state index contributed by atoms with van der Waals surface area (Å²) in [7, 11) is 0. The average molecular weight is 326 g/mol. The number of nitrogens with zero attached hydrogens (tertiary/aromatic N) is 3. The molecule has 2 rings (SSSR count). The van der Waals surface area contributed by atoms with E-state index in [0.717, 1.165) is 18.5 Å². The molecule has 0 unspecified atom stereocenters. The summed E-state index contributed by atoms with van der Waals surface area (Å²) in [6.45, 7) is 6.24. The van der Waals surface area contributed by atoms with E-state index in [2.05, 4.69) is 22.2 Å². The van der Waals surface area contributed by atoms with Crippen molar-refractivity contribution in [2.75, 3.05) is 18.4 Å². The summed E-state index contributed by atoms with van der Waals surface area (Å²) in [5, 5.41) is 3.18. The molecule has 5 heteroatoms. The SMILES string of the molecule is CCCCCNc1ncc(C(=O)N(CC)Cc2ccccc2)cn1. The van der Waals surface area contributed by atoms with Crippen LogP contribution in [0.1, 0.15) is 49.0 Å². The van der Waals surface area contributed by atoms with Crippen LogP contribution >= 0.6 is 0 Å². The monoisotopic (exact) mass is 326 g/mol. The number of hydrogen-bond acceptors (Lipinski definition) is 4. The third-order valence-electron chi connectivity index (χ3n) is 3.85. The van der Waals surface area contributed by atoms with Crippen molar-refractivity contribution in [3.63, 3.8) is 0 Å². The predicted octanol–water partition coefficient (Wildman–Crippen LogP) is 3.74. The first-order chi connectivity index (χ1) is 11.7. The second kappa shape index (κ2) is 9.65. The summed E-state index contributed by atoms with van der Waals surface area (Å²) in [6.07, 6.45) is 6.68. The minimum atomic E-state index is -0.0427. The lowest BCUT2D eigenvalue weighted by molar-refractivity contribution is 0.0752. The molecular weight excluding hydrogens is 300 g/mol. The lowest BCUT2D eigenvalue weighted by atomic mass is 10.2. The number of nitrogens with one attached hydrogen (secondary N) is 1. The van der Waals surface area contributed by atoms with Gasteiger partial charge in [0.05, 0.1) is 5.56 Å². The zero-order valence-corrected chi connectivity index (χ0v) is 14.5. The topological polar surface area (TPSA) is 58.1 Å². The molecule has 0 aliphatic carbocycles. The Morgan fingerprint density at radius 1 is 1.08 bits per heavy atom. The van der Waals surface area contributed by atoms with Crippen molar-refractivity contribution in [3.05, 3.63) is 53.9 Å². The molecule has 2 aromatic rings. The van der Waals surface area contributed by atoms with Gasteiger partial charge < -0.3 is 10.2 Å². The smallest absolute Gasteiger partial charge is 0.257 e. The third-order valence-corrected chi connectivity index (χ3v) is 3.85. The summed E-state index contributed by atoms with van der Waals surface area (Å²) in [5.41, 5.74) is 1.63. The fourth-order valence-corrected chi connectivity index (χ4v) is 2.42. The van der Waals surface area contributed by atoms with Gasteiger partial charge in [0.2, 0.25) is 5.95 Å². The number of carbonyl (C=O) groups excluding carboxylic acids is 1. The molecule has 1 aromatic heterocycles. The minimum absolute atomic E-state index is 0.0427. The van der Waals surface area contributed by atoms with Crippen molar-refractivity contribution in [1.82, 2.24) is 14.9 Å². The first kappa shape index (κ1) is 17.9. The predicted molar refractivity (Wildman–Crippen MR) is 96.9 cm³/mol. The van der Waals surface area contributed by atoms with Gasteiger partial charge in [0.25, 0.3) is 5.91 Å². The van der Waals surface area contributed by atoms with E-state index in [0.29, 0.717) is 24.6 Å². The highest BCUT2D eigenvalue weighted by Gasteiger charge is 2.15. The Kier molecular flexibility index (Phi) is 7.21. The van der Waals surface area contributed by atoms with Crippen molar-refractivity contribution in [2.45, 2.75) is 39.7 Å². The van der Waals surface area contributed by atoms with Crippen LogP contribution in [0.15, 0.2) is 42.7 Å². The number of rotatable bonds is 9. The number of aromatic nitrogens is 2. The Bertz CT molecular complexity index is 613. The molecule has 1 N–H and O–H groups in total. The maximum atomic E-state index is 12.6. The van der Waals surface area contributed by atoms with E-state index < -0.39 is 0 Å². The number of unbranched alkanes of at least 4 members (excludes halogenated alkanes) is 2. The highest BCUT2D eigenvalue weighted by atomic mass is 16.2. The van der Waals surface area contributed by atoms with E-state index >= 15 is 0 Å². The van der Waals surface area contributed by atoms with Crippen LogP contribution < -0.4 is 5.32 Å². The van der Waals surface area contributed by atoms with Gasteiger partial charge in [-0.15, -0.1) is 0 Å². The van der Waals surface area contributed by atoms with Gasteiger partial charge in [0.1, 0.15) is 0 Å². The summed E-state index contributed by atoms with van der Waals surface area (Å²) in [6, 6.07) is 9.98. The summed E-state index contributed by atoms with van der Waals surface area (Å²) < 4.78 is 0. The Hall–Kier alpha value is -2.43. The van der Waals surface area contributed by atoms with Crippen LogP contribution in [0.3, 0.4) is 0 Å². The maximum absolute atomic E-state index is 12.6. The molecule has 128 valence electrons. The summed E-state index contributed by atoms with van der Waals surface area (Å²) in [4.78, 5) is 22.9. The van der Waals surface area contributed by atoms with Crippen LogP contribution in [0.4, 0.5) is 5.95 Å². The molecule has 0 radical (unpaired) electrons. The normalized spacial score (nSPS) is 10.4. The Balaban J connectivity index is 1.94. The van der Waals surface area contributed by atoms with Gasteiger partial charge in [0.15, 0.2) is 0 Å². The highest BCUT2D eigenvalue weighted by molar-refractivity contribution is 5.93. The molecule has 0 bridgehead atoms. The van der Waals surface area contributed by atoms with E-state index in [9.17, 15) is 4.79 Å². The van der Waals surface area contributed by atoms with Crippen molar-refractivity contribution < 1.29 is 4.79 Å². The Morgan fingerprint density at radius 2 is 1.79 bits per heavy atom. The van der Waals surface area contributed by atoms with Gasteiger partial charge in [-0.2, -0.15) is 0 Å². The van der Waals surface area contributed by atoms with Gasteiger partial charge in [-0.1, -0.05) is 50.1 Å². The second-order valence-corrected chi connectivity index (χ2v) is 5.73. The van der Waals surface area contributed by atoms with Crippen molar-refractivity contribution in [1.29, 1.82) is 0 Å². The first-order valence-corrected chi connectivity index (χ1v) is 8.63. The molecule has 0 atom stereocenters. The fraction of sp³-hybridized carbons (Fsp3) is 0.421. The van der Waals surface area contributed by atoms with Gasteiger partial charge in [-0.25, -0.2) is 9.97 Å². The van der Waals surface area contributed by atoms with Crippen molar-refractivity contribution in [3.8, 4) is 0 Å². The van der Waals surface area contributed by atoms with E-state index in [-0.39, 0.29) is 5.91 Å². The van der Waals surface area contributed by atoms with E-state index in [4.69, 9.17) is 0 Å². The molecule has 1 aromatic carbocycles. The van der Waals surface area contributed by atoms with Gasteiger partial charge >= 0.3 is 0 Å². The van der Waals surface area contributed by atoms with Crippen LogP contribution in [0.5, 0.6) is 0 Å². The van der Waals surface area contributed by atoms with Gasteiger partial charge in [-0.3, -0.25) is 4.79 Å². The quantitative estimate of drug-likeness (QED) is 0.713. The standard InChI is InChI=1S/C19H26N4O/c1-3-5-9-12-20-19-21-13-17(14-22-19)18(24)23(4-2)15-16-10-7-6-8-11-16/h6-8,10-11,13-14H,3-5,9,12,15H2,1-2H3,(H,20,21,22). The number of carbonyl (C=O) groups is 1. The molecule has 0 aliphatic rings. The Labute approximate surface area is 144 Å². The number of hydrogen-bond donors (Lipinski definition) is 1. The largest absolute Gasteiger partial charge is 0.354 e. The molecule has 24 heavy (non-hydrogen) atoms. The van der Waals surface area contributed by atoms with E-state index in [1.54, 1.807) is 17.3 Å². The van der Waals surface area contributed by atoms with Crippen LogP contribution in [0.2, 0.25) is 0 Å². The highest BCUT2D eigenvalue weighted by Crippen LogP contribution is 2.10. The van der Waals surface area contributed by atoms with Gasteiger partial charge in [-0.05, 0) is 18.9 Å². The summed E-state index contributed by atoms with van der Waals surface area (Å²) >= 11 is 0. The molecule has 0 saturated heterocycles. The van der Waals surface area contributed by atoms with E-state index in [1.807, 2.05) is 37.3 Å². The molecule has 0 saturated carbocycles. The molecule has 0 spiro atoms. The minimum Gasteiger partial charge on any atom is -0.354 e. The zero-order valence-electron chi connectivity index (χ0n) is 14.5. The van der Waals surface area contributed by atoms with Crippen molar-refractivity contribution in [2.24, 2.45) is 0 Å². The van der Waals surface area contributed by atoms with Crippen LogP contribution in [-0.2, 0) is 6.54 Å². The second-order valence-electron chi connectivity index (χ2n) is 5.73. The average Bonchev–Trinajstić information content (AvgIpc) is 2.64. The molecule has 0 fully saturated rings. The first-order valence-electron chi connectivity index (χ1n) is 8.63. The third kappa shape index (κ3) is 5.33. The molecule has 5 nitrogen and oxygen atoms in total. The van der Waals surface area contributed by atoms with E-state index in [1.165, 1.54) is 12.8 Å². The molecule has 0 aliphatic heterocycles. The van der Waals surface area contributed by atoms with Crippen LogP contribution in [0, 0.1) is 0 Å². The molecule has 1 heterocycles. The fourth-order valence-electron chi connectivity index (χ4n) is 2.42. The lowest BCUT2D eigenvalue weighted by Gasteiger charge is -2.20. The number of anilines is 1. The Morgan fingerprint density at radius 3 is 2.42 bits per heavy atom. The summed E-state index contributed by atoms with van der Waals surface area (Å²) in [5.74, 6) is 0.535. The van der Waals surface area contributed by atoms with Crippen molar-refractivity contribution >= 4 is 11.9 Å². The van der Waals surface area contributed by atoms with Crippen LogP contribution in [0.25, 0.3) is 0 Å². The zero-order chi connectivity index (χ0) is 17.2.